The fraction of sp³-hybridized carbons (Fsp3) is 0.125. The molecule has 0 aliphatic rings. The minimum absolute atomic E-state index is 0.0774. The van der Waals surface area contributed by atoms with Crippen LogP contribution in [0, 0.1) is 18.3 Å². The van der Waals surface area contributed by atoms with Crippen LogP contribution in [0.4, 0.5) is 0 Å². The van der Waals surface area contributed by atoms with E-state index in [2.05, 4.69) is 15.1 Å². The van der Waals surface area contributed by atoms with Crippen molar-refractivity contribution in [2.75, 3.05) is 6.26 Å². The minimum Gasteiger partial charge on any atom is -0.493 e. The predicted octanol–water partition coefficient (Wildman–Crippen LogP) is 1.62. The van der Waals surface area contributed by atoms with Crippen LogP contribution in [0.5, 0.6) is 5.88 Å². The van der Waals surface area contributed by atoms with Crippen LogP contribution in [0.15, 0.2) is 41.6 Å². The lowest BCUT2D eigenvalue weighted by Crippen LogP contribution is -2.02. The molecule has 25 heavy (non-hydrogen) atoms. The van der Waals surface area contributed by atoms with E-state index in [1.54, 1.807) is 19.1 Å². The van der Waals surface area contributed by atoms with Crippen LogP contribution in [-0.4, -0.2) is 39.5 Å². The Balaban J connectivity index is 2.06. The smallest absolute Gasteiger partial charge is 0.225 e. The van der Waals surface area contributed by atoms with E-state index in [0.29, 0.717) is 22.5 Å². The Kier molecular flexibility index (Phi) is 3.98. The average molecular weight is 355 g/mol. The third-order valence-electron chi connectivity index (χ3n) is 3.55. The van der Waals surface area contributed by atoms with E-state index >= 15 is 0 Å². The number of rotatable bonds is 3. The number of nitriles is 1. The first kappa shape index (κ1) is 16.6. The van der Waals surface area contributed by atoms with Crippen LogP contribution >= 0.6 is 0 Å². The average Bonchev–Trinajstić information content (AvgIpc) is 2.89. The summed E-state index contributed by atoms with van der Waals surface area (Å²) in [5.41, 5.74) is 1.81. The van der Waals surface area contributed by atoms with Crippen molar-refractivity contribution in [3.05, 3.63) is 47.9 Å². The van der Waals surface area contributed by atoms with Gasteiger partial charge in [0.1, 0.15) is 6.07 Å². The zero-order valence-electron chi connectivity index (χ0n) is 13.4. The van der Waals surface area contributed by atoms with Crippen molar-refractivity contribution in [2.45, 2.75) is 11.8 Å². The molecular weight excluding hydrogens is 342 g/mol. The summed E-state index contributed by atoms with van der Waals surface area (Å²) in [6.45, 7) is 1.70. The number of aromatic nitrogens is 4. The van der Waals surface area contributed by atoms with E-state index in [1.165, 1.54) is 29.2 Å². The van der Waals surface area contributed by atoms with Gasteiger partial charge in [-0.3, -0.25) is 4.98 Å². The number of hydrogen-bond donors (Lipinski definition) is 1. The summed E-state index contributed by atoms with van der Waals surface area (Å²) in [5, 5.41) is 23.6. The lowest BCUT2D eigenvalue weighted by Gasteiger charge is -2.04. The number of hydrogen-bond acceptors (Lipinski definition) is 7. The van der Waals surface area contributed by atoms with Crippen molar-refractivity contribution >= 4 is 9.84 Å². The van der Waals surface area contributed by atoms with Gasteiger partial charge in [-0.25, -0.2) is 13.4 Å². The van der Waals surface area contributed by atoms with Gasteiger partial charge in [0.05, 0.1) is 27.4 Å². The molecule has 3 aromatic rings. The number of nitrogens with zero attached hydrogens (tertiary/aromatic N) is 5. The molecule has 1 N–H and O–H groups in total. The van der Waals surface area contributed by atoms with Gasteiger partial charge < -0.3 is 5.11 Å². The van der Waals surface area contributed by atoms with Crippen LogP contribution in [0.3, 0.4) is 0 Å². The molecule has 3 aromatic heterocycles. The van der Waals surface area contributed by atoms with Crippen molar-refractivity contribution in [3.8, 4) is 29.0 Å². The molecule has 0 aromatic carbocycles. The summed E-state index contributed by atoms with van der Waals surface area (Å²) in [6, 6.07) is 8.04. The molecule has 126 valence electrons. The summed E-state index contributed by atoms with van der Waals surface area (Å²) in [5.74, 6) is 0.0993. The summed E-state index contributed by atoms with van der Waals surface area (Å²) in [4.78, 5) is 8.29. The van der Waals surface area contributed by atoms with Crippen molar-refractivity contribution < 1.29 is 13.5 Å². The van der Waals surface area contributed by atoms with Gasteiger partial charge in [-0.15, -0.1) is 0 Å². The maximum Gasteiger partial charge on any atom is 0.225 e. The summed E-state index contributed by atoms with van der Waals surface area (Å²) in [6.07, 6.45) is 3.71. The number of sulfone groups is 1. The second-order valence-corrected chi connectivity index (χ2v) is 7.38. The molecule has 0 spiro atoms. The van der Waals surface area contributed by atoms with Gasteiger partial charge in [0, 0.05) is 18.6 Å². The topological polar surface area (TPSA) is 122 Å². The first-order valence-corrected chi connectivity index (χ1v) is 9.02. The van der Waals surface area contributed by atoms with Crippen molar-refractivity contribution in [3.63, 3.8) is 0 Å². The third kappa shape index (κ3) is 3.07. The molecule has 0 atom stereocenters. The summed E-state index contributed by atoms with van der Waals surface area (Å²) < 4.78 is 24.2. The number of aryl methyl sites for hydroxylation is 1. The molecule has 3 heterocycles. The fourth-order valence-electron chi connectivity index (χ4n) is 2.30. The van der Waals surface area contributed by atoms with Crippen molar-refractivity contribution in [1.29, 1.82) is 5.26 Å². The van der Waals surface area contributed by atoms with Crippen LogP contribution < -0.4 is 0 Å². The van der Waals surface area contributed by atoms with Crippen LogP contribution in [-0.2, 0) is 9.84 Å². The van der Waals surface area contributed by atoms with Gasteiger partial charge in [-0.1, -0.05) is 0 Å². The van der Waals surface area contributed by atoms with Crippen LogP contribution in [0.25, 0.3) is 17.1 Å². The summed E-state index contributed by atoms with van der Waals surface area (Å²) >= 11 is 0. The Morgan fingerprint density at radius 3 is 2.44 bits per heavy atom. The highest BCUT2D eigenvalue weighted by atomic mass is 32.2. The van der Waals surface area contributed by atoms with E-state index in [1.807, 2.05) is 6.07 Å². The first-order chi connectivity index (χ1) is 11.8. The molecular formula is C16H13N5O3S. The van der Waals surface area contributed by atoms with E-state index in [4.69, 9.17) is 5.26 Å². The normalized spacial score (nSPS) is 11.2. The minimum atomic E-state index is -3.36. The Labute approximate surface area is 143 Å². The second-order valence-electron chi connectivity index (χ2n) is 5.36. The van der Waals surface area contributed by atoms with E-state index in [-0.39, 0.29) is 16.6 Å². The zero-order valence-corrected chi connectivity index (χ0v) is 14.2. The van der Waals surface area contributed by atoms with Gasteiger partial charge in [0.2, 0.25) is 5.88 Å². The van der Waals surface area contributed by atoms with E-state index < -0.39 is 9.84 Å². The zero-order chi connectivity index (χ0) is 18.2. The van der Waals surface area contributed by atoms with Gasteiger partial charge in [-0.05, 0) is 31.2 Å². The third-order valence-corrected chi connectivity index (χ3v) is 4.65. The largest absolute Gasteiger partial charge is 0.493 e. The molecule has 0 aliphatic heterocycles. The van der Waals surface area contributed by atoms with Crippen LogP contribution in [0.2, 0.25) is 0 Å². The standard InChI is InChI=1S/C16H13N5O3S/c1-10-15(13-5-3-11(7-17)8-18-13)16(22)21(20-10)14-6-4-12(9-19-14)25(2,23)24/h3-6,8-9,22H,1-2H3. The Morgan fingerprint density at radius 1 is 1.16 bits per heavy atom. The lowest BCUT2D eigenvalue weighted by molar-refractivity contribution is 0.433. The highest BCUT2D eigenvalue weighted by Gasteiger charge is 2.19. The highest BCUT2D eigenvalue weighted by molar-refractivity contribution is 7.90. The lowest BCUT2D eigenvalue weighted by atomic mass is 10.1. The molecule has 0 amide bonds. The number of pyridine rings is 2. The monoisotopic (exact) mass is 355 g/mol. The Hall–Kier alpha value is -3.25. The Bertz CT molecular complexity index is 1080. The summed E-state index contributed by atoms with van der Waals surface area (Å²) in [7, 11) is -3.36. The Morgan fingerprint density at radius 2 is 1.92 bits per heavy atom. The van der Waals surface area contributed by atoms with Gasteiger partial charge in [-0.2, -0.15) is 15.0 Å². The molecule has 0 saturated carbocycles. The molecule has 0 fully saturated rings. The molecule has 3 rings (SSSR count). The molecule has 0 bridgehead atoms. The van der Waals surface area contributed by atoms with Gasteiger partial charge >= 0.3 is 0 Å². The second kappa shape index (κ2) is 5.99. The SMILES string of the molecule is Cc1nn(-c2ccc(S(C)(=O)=O)cn2)c(O)c1-c1ccc(C#N)cn1. The predicted molar refractivity (Wildman–Crippen MR) is 88.8 cm³/mol. The number of aromatic hydroxyl groups is 1. The quantitative estimate of drug-likeness (QED) is 0.757. The molecule has 0 radical (unpaired) electrons. The van der Waals surface area contributed by atoms with E-state index in [0.717, 1.165) is 6.26 Å². The molecule has 0 aliphatic carbocycles. The van der Waals surface area contributed by atoms with Crippen LogP contribution in [0.1, 0.15) is 11.3 Å². The maximum atomic E-state index is 11.5. The van der Waals surface area contributed by atoms with Gasteiger partial charge in [0.25, 0.3) is 0 Å². The van der Waals surface area contributed by atoms with E-state index in [9.17, 15) is 13.5 Å². The molecule has 9 heteroatoms. The highest BCUT2D eigenvalue weighted by Crippen LogP contribution is 2.32. The molecule has 8 nitrogen and oxygen atoms in total. The van der Waals surface area contributed by atoms with Crippen molar-refractivity contribution in [1.82, 2.24) is 19.7 Å². The molecule has 0 unspecified atom stereocenters. The molecule has 0 saturated heterocycles. The maximum absolute atomic E-state index is 11.5. The first-order valence-electron chi connectivity index (χ1n) is 7.13. The van der Waals surface area contributed by atoms with Gasteiger partial charge in [0.15, 0.2) is 15.7 Å². The van der Waals surface area contributed by atoms with Crippen molar-refractivity contribution in [2.24, 2.45) is 0 Å². The fourth-order valence-corrected chi connectivity index (χ4v) is 2.86.